The van der Waals surface area contributed by atoms with Crippen molar-refractivity contribution in [2.75, 3.05) is 31.1 Å². The van der Waals surface area contributed by atoms with Gasteiger partial charge in [-0.15, -0.1) is 37.2 Å². The zero-order valence-corrected chi connectivity index (χ0v) is 13.8. The lowest BCUT2D eigenvalue weighted by Crippen LogP contribution is -2.43. The Bertz CT molecular complexity index is 503. The molecular formula is C13H18Cl3N5. The number of nitrogens with one attached hydrogen (secondary N) is 1. The number of benzene rings is 1. The van der Waals surface area contributed by atoms with Crippen molar-refractivity contribution in [3.63, 3.8) is 0 Å². The highest BCUT2D eigenvalue weighted by atomic mass is 35.5. The third-order valence-corrected chi connectivity index (χ3v) is 3.10. The first-order valence-electron chi connectivity index (χ1n) is 6.11. The van der Waals surface area contributed by atoms with Gasteiger partial charge in [0, 0.05) is 37.4 Å². The lowest BCUT2D eigenvalue weighted by atomic mass is 10.1. The summed E-state index contributed by atoms with van der Waals surface area (Å²) in [4.78, 5) is 14.5. The fourth-order valence-electron chi connectivity index (χ4n) is 2.13. The molecule has 21 heavy (non-hydrogen) atoms. The molecule has 1 saturated heterocycles. The van der Waals surface area contributed by atoms with Gasteiger partial charge in [0.1, 0.15) is 12.7 Å². The van der Waals surface area contributed by atoms with Crippen LogP contribution in [0.2, 0.25) is 0 Å². The standard InChI is InChI=1S/C13H15N5.3ClH/c1-3-12(18-7-5-14-6-8-18)4-2-11(1)13-16-9-15-10-17-13;;;/h1-4,9-10,14H,5-8H2;3*1H. The van der Waals surface area contributed by atoms with Gasteiger partial charge in [-0.3, -0.25) is 0 Å². The second-order valence-electron chi connectivity index (χ2n) is 4.25. The van der Waals surface area contributed by atoms with Crippen LogP contribution in [0, 0.1) is 0 Å². The number of nitrogens with zero attached hydrogens (tertiary/aromatic N) is 4. The number of halogens is 3. The van der Waals surface area contributed by atoms with Crippen LogP contribution in [0.15, 0.2) is 36.9 Å². The van der Waals surface area contributed by atoms with Crippen molar-refractivity contribution >= 4 is 42.9 Å². The van der Waals surface area contributed by atoms with Gasteiger partial charge in [-0.05, 0) is 24.3 Å². The quantitative estimate of drug-likeness (QED) is 0.900. The van der Waals surface area contributed by atoms with E-state index in [4.69, 9.17) is 0 Å². The highest BCUT2D eigenvalue weighted by Gasteiger charge is 2.10. The molecule has 1 N–H and O–H groups in total. The molecule has 1 aliphatic heterocycles. The average molecular weight is 351 g/mol. The van der Waals surface area contributed by atoms with Crippen LogP contribution in [-0.4, -0.2) is 41.1 Å². The predicted molar refractivity (Wildman–Crippen MR) is 92.1 cm³/mol. The van der Waals surface area contributed by atoms with E-state index in [2.05, 4.69) is 49.4 Å². The highest BCUT2D eigenvalue weighted by Crippen LogP contribution is 2.20. The van der Waals surface area contributed by atoms with E-state index in [1.807, 2.05) is 0 Å². The van der Waals surface area contributed by atoms with E-state index in [0.717, 1.165) is 37.6 Å². The number of hydrogen-bond donors (Lipinski definition) is 1. The first-order chi connectivity index (χ1) is 8.93. The molecule has 1 aromatic heterocycles. The molecule has 0 atom stereocenters. The van der Waals surface area contributed by atoms with Crippen LogP contribution in [0.3, 0.4) is 0 Å². The van der Waals surface area contributed by atoms with Crippen LogP contribution < -0.4 is 10.2 Å². The molecule has 0 saturated carbocycles. The summed E-state index contributed by atoms with van der Waals surface area (Å²) in [6, 6.07) is 8.38. The van der Waals surface area contributed by atoms with Crippen LogP contribution >= 0.6 is 37.2 Å². The normalized spacial score (nSPS) is 13.4. The van der Waals surface area contributed by atoms with Gasteiger partial charge >= 0.3 is 0 Å². The Kier molecular flexibility index (Phi) is 9.21. The van der Waals surface area contributed by atoms with Crippen molar-refractivity contribution in [3.8, 4) is 11.4 Å². The summed E-state index contributed by atoms with van der Waals surface area (Å²) in [5, 5.41) is 3.35. The van der Waals surface area contributed by atoms with Gasteiger partial charge in [0.2, 0.25) is 0 Å². The van der Waals surface area contributed by atoms with Crippen LogP contribution in [-0.2, 0) is 0 Å². The van der Waals surface area contributed by atoms with E-state index in [9.17, 15) is 0 Å². The molecule has 5 nitrogen and oxygen atoms in total. The summed E-state index contributed by atoms with van der Waals surface area (Å²) in [6.45, 7) is 4.22. The summed E-state index contributed by atoms with van der Waals surface area (Å²) in [5.74, 6) is 0.719. The summed E-state index contributed by atoms with van der Waals surface area (Å²) in [6.07, 6.45) is 3.04. The van der Waals surface area contributed by atoms with Crippen LogP contribution in [0.4, 0.5) is 5.69 Å². The fourth-order valence-corrected chi connectivity index (χ4v) is 2.13. The predicted octanol–water partition coefficient (Wildman–Crippen LogP) is 2.21. The molecule has 0 bridgehead atoms. The molecule has 2 aromatic rings. The van der Waals surface area contributed by atoms with Crippen LogP contribution in [0.1, 0.15) is 0 Å². The molecule has 0 unspecified atom stereocenters. The minimum absolute atomic E-state index is 0. The Labute approximate surface area is 142 Å². The Hall–Kier alpha value is -1.14. The second kappa shape index (κ2) is 9.73. The van der Waals surface area contributed by atoms with Gasteiger partial charge in [-0.2, -0.15) is 0 Å². The zero-order valence-electron chi connectivity index (χ0n) is 11.3. The molecule has 0 radical (unpaired) electrons. The van der Waals surface area contributed by atoms with E-state index in [0.29, 0.717) is 0 Å². The van der Waals surface area contributed by atoms with Gasteiger partial charge in [0.05, 0.1) is 0 Å². The Balaban J connectivity index is 0.00000133. The Morgan fingerprint density at radius 1 is 0.857 bits per heavy atom. The van der Waals surface area contributed by atoms with Gasteiger partial charge in [0.15, 0.2) is 5.82 Å². The summed E-state index contributed by atoms with van der Waals surface area (Å²) >= 11 is 0. The Morgan fingerprint density at radius 3 is 2.00 bits per heavy atom. The molecule has 0 amide bonds. The molecule has 0 spiro atoms. The SMILES string of the molecule is Cl.Cl.Cl.c1ncnc(-c2ccc(N3CCNCC3)cc2)n1. The molecule has 1 fully saturated rings. The van der Waals surface area contributed by atoms with Crippen molar-refractivity contribution in [2.45, 2.75) is 0 Å². The largest absolute Gasteiger partial charge is 0.369 e. The van der Waals surface area contributed by atoms with Gasteiger partial charge in [0.25, 0.3) is 0 Å². The molecule has 8 heteroatoms. The number of rotatable bonds is 2. The zero-order chi connectivity index (χ0) is 12.2. The van der Waals surface area contributed by atoms with Gasteiger partial charge in [-0.25, -0.2) is 15.0 Å². The first kappa shape index (κ1) is 19.9. The van der Waals surface area contributed by atoms with Crippen molar-refractivity contribution in [3.05, 3.63) is 36.9 Å². The topological polar surface area (TPSA) is 53.9 Å². The fraction of sp³-hybridized carbons (Fsp3) is 0.308. The second-order valence-corrected chi connectivity index (χ2v) is 4.25. The monoisotopic (exact) mass is 349 g/mol. The van der Waals surface area contributed by atoms with E-state index in [1.54, 1.807) is 0 Å². The number of piperazine rings is 1. The van der Waals surface area contributed by atoms with Crippen molar-refractivity contribution in [2.24, 2.45) is 0 Å². The molecule has 1 aliphatic rings. The minimum atomic E-state index is 0. The van der Waals surface area contributed by atoms with Crippen LogP contribution in [0.5, 0.6) is 0 Å². The maximum absolute atomic E-state index is 4.15. The molecular weight excluding hydrogens is 333 g/mol. The Morgan fingerprint density at radius 2 is 1.43 bits per heavy atom. The third-order valence-electron chi connectivity index (χ3n) is 3.10. The molecule has 3 rings (SSSR count). The molecule has 0 aliphatic carbocycles. The molecule has 1 aromatic carbocycles. The maximum Gasteiger partial charge on any atom is 0.162 e. The van der Waals surface area contributed by atoms with E-state index in [1.165, 1.54) is 18.3 Å². The number of aromatic nitrogens is 3. The van der Waals surface area contributed by atoms with E-state index in [-0.39, 0.29) is 37.2 Å². The smallest absolute Gasteiger partial charge is 0.162 e. The van der Waals surface area contributed by atoms with E-state index >= 15 is 0 Å². The highest BCUT2D eigenvalue weighted by molar-refractivity contribution is 5.86. The maximum atomic E-state index is 4.15. The lowest BCUT2D eigenvalue weighted by Gasteiger charge is -2.29. The van der Waals surface area contributed by atoms with Crippen molar-refractivity contribution in [1.29, 1.82) is 0 Å². The number of hydrogen-bond acceptors (Lipinski definition) is 5. The van der Waals surface area contributed by atoms with Crippen molar-refractivity contribution in [1.82, 2.24) is 20.3 Å². The third kappa shape index (κ3) is 4.97. The number of anilines is 1. The summed E-state index contributed by atoms with van der Waals surface area (Å²) in [5.41, 5.74) is 2.28. The van der Waals surface area contributed by atoms with Crippen LogP contribution in [0.25, 0.3) is 11.4 Å². The summed E-state index contributed by atoms with van der Waals surface area (Å²) in [7, 11) is 0. The first-order valence-corrected chi connectivity index (χ1v) is 6.11. The van der Waals surface area contributed by atoms with E-state index < -0.39 is 0 Å². The van der Waals surface area contributed by atoms with Gasteiger partial charge in [-0.1, -0.05) is 0 Å². The summed E-state index contributed by atoms with van der Waals surface area (Å²) < 4.78 is 0. The van der Waals surface area contributed by atoms with Crippen molar-refractivity contribution < 1.29 is 0 Å². The molecule has 2 heterocycles. The van der Waals surface area contributed by atoms with Gasteiger partial charge < -0.3 is 10.2 Å². The minimum Gasteiger partial charge on any atom is -0.369 e. The lowest BCUT2D eigenvalue weighted by molar-refractivity contribution is 0.589. The molecule has 116 valence electrons. The average Bonchev–Trinajstić information content (AvgIpc) is 2.49.